The molecule has 0 heterocycles. The normalized spacial score (nSPS) is 26.5. The van der Waals surface area contributed by atoms with Gasteiger partial charge in [-0.1, -0.05) is 39.3 Å². The molecule has 0 spiro atoms. The maximum Gasteiger partial charge on any atom is 0.326 e. The third-order valence-corrected chi connectivity index (χ3v) is 4.94. The van der Waals surface area contributed by atoms with Crippen LogP contribution in [0.3, 0.4) is 0 Å². The summed E-state index contributed by atoms with van der Waals surface area (Å²) in [6.45, 7) is 5.59. The first-order chi connectivity index (χ1) is 11.3. The average Bonchev–Trinajstić information content (AvgIpc) is 2.80. The Labute approximate surface area is 143 Å². The number of amides is 1. The molecule has 0 aromatic rings. The number of rotatable bonds is 9. The second-order valence-corrected chi connectivity index (χ2v) is 6.64. The molecule has 0 radical (unpaired) electrons. The van der Waals surface area contributed by atoms with Crippen molar-refractivity contribution in [2.45, 2.75) is 70.9 Å². The van der Waals surface area contributed by atoms with Crippen LogP contribution in [0, 0.1) is 11.8 Å². The summed E-state index contributed by atoms with van der Waals surface area (Å²) < 4.78 is 0. The molecule has 0 saturated heterocycles. The fourth-order valence-corrected chi connectivity index (χ4v) is 3.11. The summed E-state index contributed by atoms with van der Waals surface area (Å²) in [6, 6.07) is -0.951. The molecule has 0 aliphatic heterocycles. The average molecular weight is 339 g/mol. The van der Waals surface area contributed by atoms with Crippen LogP contribution in [0.25, 0.3) is 0 Å². The van der Waals surface area contributed by atoms with Crippen molar-refractivity contribution in [2.75, 3.05) is 0 Å². The van der Waals surface area contributed by atoms with Gasteiger partial charge in [0.15, 0.2) is 5.78 Å². The zero-order valence-corrected chi connectivity index (χ0v) is 14.7. The van der Waals surface area contributed by atoms with E-state index in [-0.39, 0.29) is 31.0 Å². The molecule has 24 heavy (non-hydrogen) atoms. The number of ketones is 1. The lowest BCUT2D eigenvalue weighted by Crippen LogP contribution is -2.47. The maximum atomic E-state index is 12.2. The molecule has 1 rings (SSSR count). The van der Waals surface area contributed by atoms with Crippen molar-refractivity contribution >= 4 is 17.7 Å². The van der Waals surface area contributed by atoms with Gasteiger partial charge in [-0.2, -0.15) is 0 Å². The van der Waals surface area contributed by atoms with Gasteiger partial charge in [0, 0.05) is 25.2 Å². The highest BCUT2D eigenvalue weighted by atomic mass is 16.4. The van der Waals surface area contributed by atoms with Crippen molar-refractivity contribution in [1.82, 2.24) is 5.32 Å². The number of Topliss-reactive ketones (excluding diaryl/α,β-unsaturated/α-hetero) is 1. The first-order valence-electron chi connectivity index (χ1n) is 8.69. The van der Waals surface area contributed by atoms with Gasteiger partial charge >= 0.3 is 5.97 Å². The number of carbonyl (C=O) groups excluding carboxylic acids is 2. The highest BCUT2D eigenvalue weighted by Gasteiger charge is 2.48. The minimum atomic E-state index is -1.52. The predicted molar refractivity (Wildman–Crippen MR) is 90.4 cm³/mol. The molecule has 0 aromatic heterocycles. The van der Waals surface area contributed by atoms with Gasteiger partial charge in [-0.15, -0.1) is 0 Å². The minimum absolute atomic E-state index is 0.0393. The first-order valence-corrected chi connectivity index (χ1v) is 8.69. The zero-order chi connectivity index (χ0) is 18.3. The number of aliphatic hydroxyl groups is 1. The molecule has 3 N–H and O–H groups in total. The van der Waals surface area contributed by atoms with E-state index in [1.165, 1.54) is 0 Å². The van der Waals surface area contributed by atoms with Crippen molar-refractivity contribution in [2.24, 2.45) is 11.8 Å². The fourth-order valence-electron chi connectivity index (χ4n) is 3.11. The Morgan fingerprint density at radius 2 is 2.04 bits per heavy atom. The van der Waals surface area contributed by atoms with E-state index in [2.05, 4.69) is 5.32 Å². The SMILES string of the molecule is CC/C=C\CC1(O)C(=O)CCC1CC(=O)NC(C(=O)O)C(C)CC. The van der Waals surface area contributed by atoms with E-state index in [1.807, 2.05) is 19.9 Å². The van der Waals surface area contributed by atoms with Crippen LogP contribution >= 0.6 is 0 Å². The second kappa shape index (κ2) is 8.97. The minimum Gasteiger partial charge on any atom is -0.480 e. The Morgan fingerprint density at radius 3 is 2.58 bits per heavy atom. The summed E-state index contributed by atoms with van der Waals surface area (Å²) in [6.07, 6.45) is 5.95. The van der Waals surface area contributed by atoms with Crippen molar-refractivity contribution in [1.29, 1.82) is 0 Å². The van der Waals surface area contributed by atoms with E-state index in [0.29, 0.717) is 12.8 Å². The van der Waals surface area contributed by atoms with Crippen LogP contribution in [-0.4, -0.2) is 39.5 Å². The summed E-state index contributed by atoms with van der Waals surface area (Å²) in [5.74, 6) is -2.40. The molecule has 1 amide bonds. The van der Waals surface area contributed by atoms with Gasteiger partial charge in [0.05, 0.1) is 0 Å². The molecule has 0 bridgehead atoms. The molecule has 6 heteroatoms. The number of aliphatic carboxylic acids is 1. The Balaban J connectivity index is 2.75. The van der Waals surface area contributed by atoms with Crippen LogP contribution < -0.4 is 5.32 Å². The lowest BCUT2D eigenvalue weighted by molar-refractivity contribution is -0.144. The molecule has 4 unspecified atom stereocenters. The van der Waals surface area contributed by atoms with Crippen LogP contribution in [0.5, 0.6) is 0 Å². The summed E-state index contributed by atoms with van der Waals surface area (Å²) in [7, 11) is 0. The number of carboxylic acids is 1. The molecule has 0 aromatic carbocycles. The number of allylic oxidation sites excluding steroid dienone is 1. The Kier molecular flexibility index (Phi) is 7.60. The highest BCUT2D eigenvalue weighted by molar-refractivity contribution is 5.91. The topological polar surface area (TPSA) is 104 Å². The first kappa shape index (κ1) is 20.4. The van der Waals surface area contributed by atoms with Crippen LogP contribution in [-0.2, 0) is 14.4 Å². The second-order valence-electron chi connectivity index (χ2n) is 6.64. The smallest absolute Gasteiger partial charge is 0.326 e. The third kappa shape index (κ3) is 4.90. The van der Waals surface area contributed by atoms with Gasteiger partial charge in [0.1, 0.15) is 11.6 Å². The van der Waals surface area contributed by atoms with Gasteiger partial charge in [-0.3, -0.25) is 9.59 Å². The Morgan fingerprint density at radius 1 is 1.38 bits per heavy atom. The van der Waals surface area contributed by atoms with Gasteiger partial charge < -0.3 is 15.5 Å². The molecule has 1 aliphatic carbocycles. The quantitative estimate of drug-likeness (QED) is 0.558. The monoisotopic (exact) mass is 339 g/mol. The van der Waals surface area contributed by atoms with Crippen LogP contribution in [0.1, 0.15) is 59.3 Å². The zero-order valence-electron chi connectivity index (χ0n) is 14.7. The molecular weight excluding hydrogens is 310 g/mol. The lowest BCUT2D eigenvalue weighted by Gasteiger charge is -2.28. The molecule has 6 nitrogen and oxygen atoms in total. The third-order valence-electron chi connectivity index (χ3n) is 4.94. The fraction of sp³-hybridized carbons (Fsp3) is 0.722. The van der Waals surface area contributed by atoms with Crippen molar-refractivity contribution in [3.05, 3.63) is 12.2 Å². The van der Waals surface area contributed by atoms with Gasteiger partial charge in [-0.25, -0.2) is 4.79 Å². The number of hydrogen-bond donors (Lipinski definition) is 3. The largest absolute Gasteiger partial charge is 0.480 e. The Hall–Kier alpha value is -1.69. The molecule has 1 aliphatic rings. The van der Waals surface area contributed by atoms with E-state index in [1.54, 1.807) is 13.0 Å². The lowest BCUT2D eigenvalue weighted by atomic mass is 9.84. The summed E-state index contributed by atoms with van der Waals surface area (Å²) in [5, 5.41) is 22.5. The van der Waals surface area contributed by atoms with E-state index >= 15 is 0 Å². The summed E-state index contributed by atoms with van der Waals surface area (Å²) in [4.78, 5) is 35.6. The predicted octanol–water partition coefficient (Wildman–Crippen LogP) is 2.06. The standard InChI is InChI=1S/C18H29NO5/c1-4-6-7-10-18(24)13(8-9-14(18)20)11-15(21)19-16(17(22)23)12(3)5-2/h6-7,12-13,16,24H,4-5,8-11H2,1-3H3,(H,19,21)(H,22,23)/b7-6-. The van der Waals surface area contributed by atoms with Crippen LogP contribution in [0.4, 0.5) is 0 Å². The van der Waals surface area contributed by atoms with Gasteiger partial charge in [0.25, 0.3) is 0 Å². The molecule has 1 saturated carbocycles. The van der Waals surface area contributed by atoms with E-state index in [0.717, 1.165) is 6.42 Å². The van der Waals surface area contributed by atoms with Gasteiger partial charge in [-0.05, 0) is 18.8 Å². The van der Waals surface area contributed by atoms with Crippen LogP contribution in [0.15, 0.2) is 12.2 Å². The van der Waals surface area contributed by atoms with Crippen molar-refractivity contribution < 1.29 is 24.6 Å². The summed E-state index contributed by atoms with van der Waals surface area (Å²) in [5.41, 5.74) is -1.52. The summed E-state index contributed by atoms with van der Waals surface area (Å²) >= 11 is 0. The van der Waals surface area contributed by atoms with E-state index in [4.69, 9.17) is 0 Å². The van der Waals surface area contributed by atoms with E-state index < -0.39 is 29.4 Å². The highest BCUT2D eigenvalue weighted by Crippen LogP contribution is 2.38. The Bertz CT molecular complexity index is 502. The number of nitrogens with one attached hydrogen (secondary N) is 1. The molecule has 1 fully saturated rings. The van der Waals surface area contributed by atoms with Crippen molar-refractivity contribution in [3.8, 4) is 0 Å². The molecule has 136 valence electrons. The number of carboxylic acid groups (broad SMARTS) is 1. The van der Waals surface area contributed by atoms with Crippen molar-refractivity contribution in [3.63, 3.8) is 0 Å². The van der Waals surface area contributed by atoms with Crippen LogP contribution in [0.2, 0.25) is 0 Å². The van der Waals surface area contributed by atoms with Gasteiger partial charge in [0.2, 0.25) is 5.91 Å². The maximum absolute atomic E-state index is 12.2. The number of carbonyl (C=O) groups is 3. The van der Waals surface area contributed by atoms with E-state index in [9.17, 15) is 24.6 Å². The molecule has 4 atom stereocenters. The number of hydrogen-bond acceptors (Lipinski definition) is 4. The molecular formula is C18H29NO5.